The first-order valence-electron chi connectivity index (χ1n) is 10.8. The van der Waals surface area contributed by atoms with Gasteiger partial charge in [-0.05, 0) is 67.1 Å². The van der Waals surface area contributed by atoms with E-state index in [2.05, 4.69) is 78.7 Å². The highest BCUT2D eigenvalue weighted by molar-refractivity contribution is 5.94. The molecule has 3 aromatic carbocycles. The number of amides is 1. The second-order valence-electron chi connectivity index (χ2n) is 8.48. The van der Waals surface area contributed by atoms with Crippen molar-refractivity contribution < 1.29 is 4.79 Å². The molecule has 0 unspecified atom stereocenters. The van der Waals surface area contributed by atoms with Crippen LogP contribution in [-0.2, 0) is 19.5 Å². The van der Waals surface area contributed by atoms with Gasteiger partial charge >= 0.3 is 0 Å². The zero-order valence-electron chi connectivity index (χ0n) is 18.1. The fourth-order valence-electron chi connectivity index (χ4n) is 4.29. The maximum absolute atomic E-state index is 12.7. The molecule has 1 N–H and O–H groups in total. The quantitative estimate of drug-likeness (QED) is 0.628. The molecular weight excluding hydrogens is 368 g/mol. The zero-order valence-corrected chi connectivity index (χ0v) is 18.1. The SMILES string of the molecule is Cc1ccc(C)c([C@@H](C)NC(=O)c2ccc(CN3CCc4ccccc4C3)cc2)c1. The fraction of sp³-hybridized carbons (Fsp3) is 0.296. The van der Waals surface area contributed by atoms with Crippen molar-refractivity contribution in [3.63, 3.8) is 0 Å². The van der Waals surface area contributed by atoms with E-state index in [0.717, 1.165) is 26.1 Å². The van der Waals surface area contributed by atoms with Crippen LogP contribution in [0.4, 0.5) is 0 Å². The Morgan fingerprint density at radius 3 is 2.50 bits per heavy atom. The summed E-state index contributed by atoms with van der Waals surface area (Å²) >= 11 is 0. The maximum Gasteiger partial charge on any atom is 0.251 e. The molecule has 0 aliphatic carbocycles. The van der Waals surface area contributed by atoms with E-state index < -0.39 is 0 Å². The van der Waals surface area contributed by atoms with Gasteiger partial charge in [0.05, 0.1) is 6.04 Å². The van der Waals surface area contributed by atoms with E-state index >= 15 is 0 Å². The summed E-state index contributed by atoms with van der Waals surface area (Å²) in [5.41, 5.74) is 8.44. The molecule has 0 saturated carbocycles. The third kappa shape index (κ3) is 4.63. The van der Waals surface area contributed by atoms with E-state index in [-0.39, 0.29) is 11.9 Å². The summed E-state index contributed by atoms with van der Waals surface area (Å²) in [4.78, 5) is 15.2. The van der Waals surface area contributed by atoms with Crippen molar-refractivity contribution in [2.24, 2.45) is 0 Å². The van der Waals surface area contributed by atoms with E-state index in [0.29, 0.717) is 5.56 Å². The second-order valence-corrected chi connectivity index (χ2v) is 8.48. The number of aryl methyl sites for hydroxylation is 2. The molecule has 1 aliphatic rings. The minimum absolute atomic E-state index is 0.0227. The van der Waals surface area contributed by atoms with Crippen molar-refractivity contribution in [3.05, 3.63) is 106 Å². The van der Waals surface area contributed by atoms with Crippen LogP contribution in [0.25, 0.3) is 0 Å². The van der Waals surface area contributed by atoms with Crippen molar-refractivity contribution in [3.8, 4) is 0 Å². The smallest absolute Gasteiger partial charge is 0.251 e. The van der Waals surface area contributed by atoms with Crippen LogP contribution >= 0.6 is 0 Å². The van der Waals surface area contributed by atoms with Crippen LogP contribution in [0.1, 0.15) is 56.7 Å². The van der Waals surface area contributed by atoms with Crippen LogP contribution in [0, 0.1) is 13.8 Å². The molecule has 1 aliphatic heterocycles. The molecule has 0 aromatic heterocycles. The van der Waals surface area contributed by atoms with E-state index in [1.165, 1.54) is 33.4 Å². The third-order valence-electron chi connectivity index (χ3n) is 6.08. The molecule has 3 nitrogen and oxygen atoms in total. The van der Waals surface area contributed by atoms with Crippen LogP contribution < -0.4 is 5.32 Å². The number of fused-ring (bicyclic) bond motifs is 1. The Kier molecular flexibility index (Phi) is 6.01. The molecule has 3 heteroatoms. The van der Waals surface area contributed by atoms with E-state index in [9.17, 15) is 4.79 Å². The lowest BCUT2D eigenvalue weighted by Crippen LogP contribution is -2.30. The zero-order chi connectivity index (χ0) is 21.1. The Hall–Kier alpha value is -2.91. The number of nitrogens with zero attached hydrogens (tertiary/aromatic N) is 1. The molecule has 0 bridgehead atoms. The highest BCUT2D eigenvalue weighted by Crippen LogP contribution is 2.21. The lowest BCUT2D eigenvalue weighted by atomic mass is 9.99. The summed E-state index contributed by atoms with van der Waals surface area (Å²) in [6.45, 7) is 9.19. The number of carbonyl (C=O) groups is 1. The van der Waals surface area contributed by atoms with Crippen molar-refractivity contribution in [2.45, 2.75) is 46.3 Å². The first-order valence-corrected chi connectivity index (χ1v) is 10.8. The largest absolute Gasteiger partial charge is 0.346 e. The second kappa shape index (κ2) is 8.85. The maximum atomic E-state index is 12.7. The van der Waals surface area contributed by atoms with Crippen LogP contribution in [0.5, 0.6) is 0 Å². The van der Waals surface area contributed by atoms with Crippen LogP contribution in [0.15, 0.2) is 66.7 Å². The number of hydrogen-bond acceptors (Lipinski definition) is 2. The van der Waals surface area contributed by atoms with Gasteiger partial charge in [0.25, 0.3) is 5.91 Å². The Morgan fingerprint density at radius 2 is 1.73 bits per heavy atom. The highest BCUT2D eigenvalue weighted by Gasteiger charge is 2.17. The minimum Gasteiger partial charge on any atom is -0.346 e. The molecule has 1 atom stereocenters. The van der Waals surface area contributed by atoms with E-state index in [1.54, 1.807) is 0 Å². The topological polar surface area (TPSA) is 32.3 Å². The lowest BCUT2D eigenvalue weighted by Gasteiger charge is -2.28. The third-order valence-corrected chi connectivity index (χ3v) is 6.08. The van der Waals surface area contributed by atoms with Gasteiger partial charge in [-0.25, -0.2) is 0 Å². The Morgan fingerprint density at radius 1 is 1.00 bits per heavy atom. The normalized spacial score (nSPS) is 14.8. The minimum atomic E-state index is -0.0261. The van der Waals surface area contributed by atoms with E-state index in [1.807, 2.05) is 19.1 Å². The molecule has 3 aromatic rings. The van der Waals surface area contributed by atoms with Crippen LogP contribution in [0.3, 0.4) is 0 Å². The number of nitrogens with one attached hydrogen (secondary N) is 1. The molecule has 4 rings (SSSR count). The molecule has 0 fully saturated rings. The number of hydrogen-bond donors (Lipinski definition) is 1. The van der Waals surface area contributed by atoms with Gasteiger partial charge in [0.2, 0.25) is 0 Å². The fourth-order valence-corrected chi connectivity index (χ4v) is 4.29. The van der Waals surface area contributed by atoms with Gasteiger partial charge in [-0.15, -0.1) is 0 Å². The first-order chi connectivity index (χ1) is 14.5. The summed E-state index contributed by atoms with van der Waals surface area (Å²) in [5.74, 6) is -0.0261. The lowest BCUT2D eigenvalue weighted by molar-refractivity contribution is 0.0940. The first kappa shape index (κ1) is 20.4. The van der Waals surface area contributed by atoms with Crippen molar-refractivity contribution in [1.82, 2.24) is 10.2 Å². The molecule has 0 saturated heterocycles. The molecule has 0 spiro atoms. The number of rotatable bonds is 5. The summed E-state index contributed by atoms with van der Waals surface area (Å²) in [6.07, 6.45) is 1.10. The van der Waals surface area contributed by atoms with E-state index in [4.69, 9.17) is 0 Å². The van der Waals surface area contributed by atoms with Crippen molar-refractivity contribution >= 4 is 5.91 Å². The van der Waals surface area contributed by atoms with Gasteiger partial charge in [0, 0.05) is 25.2 Å². The standard InChI is InChI=1S/C27H30N2O/c1-19-8-9-20(2)26(16-19)21(3)28-27(30)24-12-10-22(11-13-24)17-29-15-14-23-6-4-5-7-25(23)18-29/h4-13,16,21H,14-15,17-18H2,1-3H3,(H,28,30)/t21-/m1/s1. The Bertz CT molecular complexity index is 1040. The summed E-state index contributed by atoms with van der Waals surface area (Å²) in [5, 5.41) is 3.14. The van der Waals surface area contributed by atoms with Crippen molar-refractivity contribution in [1.29, 1.82) is 0 Å². The monoisotopic (exact) mass is 398 g/mol. The van der Waals surface area contributed by atoms with Crippen LogP contribution in [0.2, 0.25) is 0 Å². The predicted molar refractivity (Wildman–Crippen MR) is 122 cm³/mol. The summed E-state index contributed by atoms with van der Waals surface area (Å²) in [6, 6.07) is 23.1. The molecule has 154 valence electrons. The summed E-state index contributed by atoms with van der Waals surface area (Å²) in [7, 11) is 0. The van der Waals surface area contributed by atoms with Gasteiger partial charge in [0.15, 0.2) is 0 Å². The Labute approximate surface area is 179 Å². The van der Waals surface area contributed by atoms with Gasteiger partial charge in [-0.2, -0.15) is 0 Å². The molecule has 1 amide bonds. The molecule has 0 radical (unpaired) electrons. The predicted octanol–water partition coefficient (Wildman–Crippen LogP) is 5.35. The average molecular weight is 399 g/mol. The van der Waals surface area contributed by atoms with Gasteiger partial charge in [0.1, 0.15) is 0 Å². The van der Waals surface area contributed by atoms with Gasteiger partial charge in [-0.1, -0.05) is 60.2 Å². The average Bonchev–Trinajstić information content (AvgIpc) is 2.75. The molecule has 1 heterocycles. The summed E-state index contributed by atoms with van der Waals surface area (Å²) < 4.78 is 0. The Balaban J connectivity index is 1.37. The van der Waals surface area contributed by atoms with Gasteiger partial charge in [-0.3, -0.25) is 9.69 Å². The van der Waals surface area contributed by atoms with Crippen molar-refractivity contribution in [2.75, 3.05) is 6.54 Å². The molecule has 30 heavy (non-hydrogen) atoms. The number of carbonyl (C=O) groups excluding carboxylic acids is 1. The van der Waals surface area contributed by atoms with Crippen LogP contribution in [-0.4, -0.2) is 17.4 Å². The van der Waals surface area contributed by atoms with Gasteiger partial charge < -0.3 is 5.32 Å². The molecular formula is C27H30N2O. The highest BCUT2D eigenvalue weighted by atomic mass is 16.1. The number of benzene rings is 3.